The van der Waals surface area contributed by atoms with E-state index in [9.17, 15) is 4.39 Å². The molecule has 2 fully saturated rings. The number of nitrogens with zero attached hydrogens (tertiary/aromatic N) is 2. The van der Waals surface area contributed by atoms with Crippen LogP contribution in [0.15, 0.2) is 48.8 Å². The first-order chi connectivity index (χ1) is 13.2. The predicted molar refractivity (Wildman–Crippen MR) is 102 cm³/mol. The van der Waals surface area contributed by atoms with Crippen LogP contribution in [0.25, 0.3) is 0 Å². The van der Waals surface area contributed by atoms with Crippen LogP contribution in [0.1, 0.15) is 12.0 Å². The van der Waals surface area contributed by atoms with Crippen LogP contribution in [-0.4, -0.2) is 54.9 Å². The summed E-state index contributed by atoms with van der Waals surface area (Å²) in [5, 5.41) is 3.33. The standard InChI is InChI=1S/C21H26FN3O2/c22-19-2-1-3-20(10-19)24-12-18-11-21(27-14-18)15-25(8-9-26-16-21)13-17-4-6-23-7-5-17/h1-7,10,18,24H,8-9,11-16H2/t18-,21-/m1/s1. The van der Waals surface area contributed by atoms with E-state index in [1.165, 1.54) is 17.7 Å². The van der Waals surface area contributed by atoms with Gasteiger partial charge in [0.15, 0.2) is 0 Å². The molecule has 0 unspecified atom stereocenters. The molecule has 0 radical (unpaired) electrons. The van der Waals surface area contributed by atoms with Crippen LogP contribution in [0, 0.1) is 11.7 Å². The van der Waals surface area contributed by atoms with Gasteiger partial charge in [-0.2, -0.15) is 0 Å². The molecule has 5 nitrogen and oxygen atoms in total. The second kappa shape index (κ2) is 8.33. The van der Waals surface area contributed by atoms with Crippen molar-refractivity contribution in [2.45, 2.75) is 18.6 Å². The van der Waals surface area contributed by atoms with Crippen LogP contribution in [-0.2, 0) is 16.0 Å². The Kier molecular flexibility index (Phi) is 5.66. The van der Waals surface area contributed by atoms with E-state index in [1.807, 2.05) is 18.5 Å². The Morgan fingerprint density at radius 3 is 3.00 bits per heavy atom. The molecule has 1 aromatic carbocycles. The van der Waals surface area contributed by atoms with Gasteiger partial charge in [-0.1, -0.05) is 6.07 Å². The average Bonchev–Trinajstić information content (AvgIpc) is 2.96. The van der Waals surface area contributed by atoms with E-state index in [0.29, 0.717) is 19.1 Å². The second-order valence-electron chi connectivity index (χ2n) is 7.57. The first-order valence-electron chi connectivity index (χ1n) is 9.53. The van der Waals surface area contributed by atoms with Crippen LogP contribution in [0.3, 0.4) is 0 Å². The smallest absolute Gasteiger partial charge is 0.125 e. The Bertz CT molecular complexity index is 745. The maximum absolute atomic E-state index is 13.3. The molecule has 4 rings (SSSR count). The number of benzene rings is 1. The minimum absolute atomic E-state index is 0.219. The fraction of sp³-hybridized carbons (Fsp3) is 0.476. The van der Waals surface area contributed by atoms with Gasteiger partial charge in [-0.05, 0) is 42.3 Å². The van der Waals surface area contributed by atoms with Crippen molar-refractivity contribution in [3.05, 3.63) is 60.2 Å². The van der Waals surface area contributed by atoms with Gasteiger partial charge in [0, 0.05) is 50.2 Å². The molecule has 1 N–H and O–H groups in total. The van der Waals surface area contributed by atoms with E-state index in [-0.39, 0.29) is 11.4 Å². The van der Waals surface area contributed by atoms with E-state index >= 15 is 0 Å². The Morgan fingerprint density at radius 1 is 1.26 bits per heavy atom. The summed E-state index contributed by atoms with van der Waals surface area (Å²) in [5.41, 5.74) is 1.81. The predicted octanol–water partition coefficient (Wildman–Crippen LogP) is 2.94. The Labute approximate surface area is 159 Å². The van der Waals surface area contributed by atoms with E-state index < -0.39 is 0 Å². The van der Waals surface area contributed by atoms with E-state index in [4.69, 9.17) is 9.47 Å². The normalized spacial score (nSPS) is 26.2. The van der Waals surface area contributed by atoms with E-state index in [2.05, 4.69) is 27.3 Å². The van der Waals surface area contributed by atoms with Gasteiger partial charge in [0.2, 0.25) is 0 Å². The molecule has 2 saturated heterocycles. The SMILES string of the molecule is Fc1cccc(NC[C@@H]2CO[C@]3(COCCN(Cc4ccncc4)C3)C2)c1. The molecule has 144 valence electrons. The Balaban J connectivity index is 1.34. The molecular weight excluding hydrogens is 345 g/mol. The van der Waals surface area contributed by atoms with Crippen molar-refractivity contribution in [3.8, 4) is 0 Å². The number of rotatable bonds is 5. The molecule has 3 heterocycles. The average molecular weight is 371 g/mol. The highest BCUT2D eigenvalue weighted by atomic mass is 19.1. The van der Waals surface area contributed by atoms with Gasteiger partial charge in [0.05, 0.1) is 19.8 Å². The van der Waals surface area contributed by atoms with Crippen molar-refractivity contribution in [2.75, 3.05) is 44.8 Å². The number of nitrogens with one attached hydrogen (secondary N) is 1. The Hall–Kier alpha value is -2.02. The highest BCUT2D eigenvalue weighted by Crippen LogP contribution is 2.33. The lowest BCUT2D eigenvalue weighted by Crippen LogP contribution is -2.43. The second-order valence-corrected chi connectivity index (χ2v) is 7.57. The van der Waals surface area contributed by atoms with Crippen LogP contribution >= 0.6 is 0 Å². The van der Waals surface area contributed by atoms with Crippen molar-refractivity contribution in [3.63, 3.8) is 0 Å². The van der Waals surface area contributed by atoms with Gasteiger partial charge >= 0.3 is 0 Å². The number of halogens is 1. The number of pyridine rings is 1. The maximum atomic E-state index is 13.3. The molecular formula is C21H26FN3O2. The monoisotopic (exact) mass is 371 g/mol. The summed E-state index contributed by atoms with van der Waals surface area (Å²) >= 11 is 0. The quantitative estimate of drug-likeness (QED) is 0.876. The first-order valence-corrected chi connectivity index (χ1v) is 9.53. The lowest BCUT2D eigenvalue weighted by Gasteiger charge is -2.31. The third-order valence-corrected chi connectivity index (χ3v) is 5.29. The third kappa shape index (κ3) is 4.83. The molecule has 2 aromatic rings. The molecule has 0 saturated carbocycles. The van der Waals surface area contributed by atoms with Gasteiger partial charge in [-0.3, -0.25) is 9.88 Å². The van der Waals surface area contributed by atoms with Crippen LogP contribution in [0.5, 0.6) is 0 Å². The summed E-state index contributed by atoms with van der Waals surface area (Å²) in [6, 6.07) is 10.7. The van der Waals surface area contributed by atoms with E-state index in [1.54, 1.807) is 6.07 Å². The Morgan fingerprint density at radius 2 is 2.15 bits per heavy atom. The highest BCUT2D eigenvalue weighted by Gasteiger charge is 2.43. The molecule has 0 bridgehead atoms. The van der Waals surface area contributed by atoms with Gasteiger partial charge in [0.25, 0.3) is 0 Å². The number of aromatic nitrogens is 1. The molecule has 2 aliphatic heterocycles. The largest absolute Gasteiger partial charge is 0.385 e. The topological polar surface area (TPSA) is 46.6 Å². The third-order valence-electron chi connectivity index (χ3n) is 5.29. The maximum Gasteiger partial charge on any atom is 0.125 e. The summed E-state index contributed by atoms with van der Waals surface area (Å²) in [5.74, 6) is 0.167. The highest BCUT2D eigenvalue weighted by molar-refractivity contribution is 5.43. The molecule has 2 aliphatic rings. The van der Waals surface area contributed by atoms with E-state index in [0.717, 1.165) is 44.9 Å². The summed E-state index contributed by atoms with van der Waals surface area (Å²) in [6.07, 6.45) is 4.61. The molecule has 1 aromatic heterocycles. The fourth-order valence-electron chi connectivity index (χ4n) is 4.01. The minimum Gasteiger partial charge on any atom is -0.385 e. The van der Waals surface area contributed by atoms with Gasteiger partial charge < -0.3 is 14.8 Å². The zero-order valence-electron chi connectivity index (χ0n) is 15.4. The molecule has 27 heavy (non-hydrogen) atoms. The zero-order chi connectivity index (χ0) is 18.5. The van der Waals surface area contributed by atoms with Crippen molar-refractivity contribution in [1.82, 2.24) is 9.88 Å². The van der Waals surface area contributed by atoms with Gasteiger partial charge in [0.1, 0.15) is 11.4 Å². The number of ether oxygens (including phenoxy) is 2. The summed E-state index contributed by atoms with van der Waals surface area (Å²) in [6.45, 7) is 5.48. The van der Waals surface area contributed by atoms with Gasteiger partial charge in [-0.25, -0.2) is 4.39 Å². The summed E-state index contributed by atoms with van der Waals surface area (Å²) < 4.78 is 25.5. The minimum atomic E-state index is -0.252. The molecule has 2 atom stereocenters. The zero-order valence-corrected chi connectivity index (χ0v) is 15.4. The van der Waals surface area contributed by atoms with Crippen LogP contribution in [0.2, 0.25) is 0 Å². The molecule has 0 amide bonds. The van der Waals surface area contributed by atoms with Crippen LogP contribution in [0.4, 0.5) is 10.1 Å². The molecule has 6 heteroatoms. The number of hydrogen-bond donors (Lipinski definition) is 1. The first kappa shape index (κ1) is 18.3. The lowest BCUT2D eigenvalue weighted by molar-refractivity contribution is -0.0562. The van der Waals surface area contributed by atoms with Crippen molar-refractivity contribution in [1.29, 1.82) is 0 Å². The van der Waals surface area contributed by atoms with Crippen LogP contribution < -0.4 is 5.32 Å². The summed E-state index contributed by atoms with van der Waals surface area (Å²) in [7, 11) is 0. The van der Waals surface area contributed by atoms with Crippen molar-refractivity contribution < 1.29 is 13.9 Å². The van der Waals surface area contributed by atoms with Crippen molar-refractivity contribution in [2.24, 2.45) is 5.92 Å². The molecule has 1 spiro atoms. The summed E-state index contributed by atoms with van der Waals surface area (Å²) in [4.78, 5) is 6.50. The fourth-order valence-corrected chi connectivity index (χ4v) is 4.01. The lowest BCUT2D eigenvalue weighted by atomic mass is 9.94. The number of hydrogen-bond acceptors (Lipinski definition) is 5. The molecule has 0 aliphatic carbocycles. The van der Waals surface area contributed by atoms with Gasteiger partial charge in [-0.15, -0.1) is 0 Å². The number of anilines is 1. The van der Waals surface area contributed by atoms with Crippen molar-refractivity contribution >= 4 is 5.69 Å².